The van der Waals surface area contributed by atoms with Crippen molar-refractivity contribution in [2.45, 2.75) is 39.2 Å². The predicted molar refractivity (Wildman–Crippen MR) is 71.5 cm³/mol. The predicted octanol–water partition coefficient (Wildman–Crippen LogP) is 3.32. The Morgan fingerprint density at radius 3 is 2.94 bits per heavy atom. The molecular weight excluding hydrogens is 210 g/mol. The lowest BCUT2D eigenvalue weighted by atomic mass is 9.90. The van der Waals surface area contributed by atoms with Crippen molar-refractivity contribution in [1.82, 2.24) is 5.32 Å². The molecule has 2 unspecified atom stereocenters. The lowest BCUT2D eigenvalue weighted by Crippen LogP contribution is -2.23. The highest BCUT2D eigenvalue weighted by Gasteiger charge is 2.19. The second kappa shape index (κ2) is 5.54. The smallest absolute Gasteiger partial charge is 0.122 e. The summed E-state index contributed by atoms with van der Waals surface area (Å²) in [5, 5.41) is 3.45. The van der Waals surface area contributed by atoms with Gasteiger partial charge in [-0.3, -0.25) is 0 Å². The molecule has 2 rings (SSSR count). The molecule has 1 aliphatic heterocycles. The summed E-state index contributed by atoms with van der Waals surface area (Å²) in [7, 11) is 2.06. The molecule has 1 aromatic carbocycles. The van der Waals surface area contributed by atoms with Gasteiger partial charge in [0.05, 0.1) is 6.61 Å². The first-order valence-corrected chi connectivity index (χ1v) is 6.69. The molecule has 17 heavy (non-hydrogen) atoms. The van der Waals surface area contributed by atoms with Crippen LogP contribution in [0.1, 0.15) is 43.9 Å². The van der Waals surface area contributed by atoms with Crippen molar-refractivity contribution in [2.24, 2.45) is 5.92 Å². The fourth-order valence-corrected chi connectivity index (χ4v) is 2.80. The largest absolute Gasteiger partial charge is 0.493 e. The first kappa shape index (κ1) is 12.4. The molecule has 1 heterocycles. The highest BCUT2D eigenvalue weighted by atomic mass is 16.5. The van der Waals surface area contributed by atoms with Crippen LogP contribution in [0.15, 0.2) is 18.2 Å². The molecule has 94 valence electrons. The van der Waals surface area contributed by atoms with Gasteiger partial charge in [-0.15, -0.1) is 0 Å². The standard InChI is InChI=1S/C15H23NO/c1-4-5-11(2)15(16-3)13-6-7-14-12(10-13)8-9-17-14/h6-7,10-11,15-16H,4-5,8-9H2,1-3H3. The third-order valence-corrected chi connectivity index (χ3v) is 3.70. The maximum absolute atomic E-state index is 5.55. The number of hydrogen-bond donors (Lipinski definition) is 1. The van der Waals surface area contributed by atoms with E-state index >= 15 is 0 Å². The van der Waals surface area contributed by atoms with Crippen LogP contribution in [0, 0.1) is 5.92 Å². The second-order valence-corrected chi connectivity index (χ2v) is 5.00. The van der Waals surface area contributed by atoms with E-state index in [0.29, 0.717) is 12.0 Å². The molecule has 0 spiro atoms. The van der Waals surface area contributed by atoms with Crippen molar-refractivity contribution >= 4 is 0 Å². The SMILES string of the molecule is CCCC(C)C(NC)c1ccc2c(c1)CCO2. The molecule has 2 atom stereocenters. The summed E-state index contributed by atoms with van der Waals surface area (Å²) in [4.78, 5) is 0. The van der Waals surface area contributed by atoms with Gasteiger partial charge in [-0.05, 0) is 36.6 Å². The summed E-state index contributed by atoms with van der Waals surface area (Å²) < 4.78 is 5.55. The van der Waals surface area contributed by atoms with Crippen LogP contribution in [-0.2, 0) is 6.42 Å². The Labute approximate surface area is 104 Å². The van der Waals surface area contributed by atoms with Gasteiger partial charge in [0.15, 0.2) is 0 Å². The van der Waals surface area contributed by atoms with E-state index in [9.17, 15) is 0 Å². The molecule has 2 heteroatoms. The minimum Gasteiger partial charge on any atom is -0.493 e. The minimum absolute atomic E-state index is 0.459. The topological polar surface area (TPSA) is 21.3 Å². The van der Waals surface area contributed by atoms with Crippen molar-refractivity contribution in [1.29, 1.82) is 0 Å². The van der Waals surface area contributed by atoms with Gasteiger partial charge in [-0.25, -0.2) is 0 Å². The van der Waals surface area contributed by atoms with Crippen molar-refractivity contribution in [3.05, 3.63) is 29.3 Å². The molecule has 0 aliphatic carbocycles. The van der Waals surface area contributed by atoms with Gasteiger partial charge in [-0.1, -0.05) is 32.4 Å². The third kappa shape index (κ3) is 2.63. The normalized spacial score (nSPS) is 17.4. The highest BCUT2D eigenvalue weighted by Crippen LogP contribution is 2.31. The molecule has 0 saturated heterocycles. The molecule has 0 fully saturated rings. The van der Waals surface area contributed by atoms with E-state index in [2.05, 4.69) is 44.4 Å². The molecule has 1 N–H and O–H groups in total. The van der Waals surface area contributed by atoms with E-state index in [1.165, 1.54) is 24.0 Å². The maximum Gasteiger partial charge on any atom is 0.122 e. The Morgan fingerprint density at radius 2 is 2.24 bits per heavy atom. The van der Waals surface area contributed by atoms with Gasteiger partial charge in [0, 0.05) is 12.5 Å². The summed E-state index contributed by atoms with van der Waals surface area (Å²) in [6.07, 6.45) is 3.56. The minimum atomic E-state index is 0.459. The Morgan fingerprint density at radius 1 is 1.41 bits per heavy atom. The Kier molecular flexibility index (Phi) is 4.06. The number of fused-ring (bicyclic) bond motifs is 1. The van der Waals surface area contributed by atoms with Crippen molar-refractivity contribution in [3.63, 3.8) is 0 Å². The quantitative estimate of drug-likeness (QED) is 0.842. The maximum atomic E-state index is 5.55. The summed E-state index contributed by atoms with van der Waals surface area (Å²) in [5.41, 5.74) is 2.77. The van der Waals surface area contributed by atoms with Crippen LogP contribution in [-0.4, -0.2) is 13.7 Å². The van der Waals surface area contributed by atoms with Crippen LogP contribution in [0.3, 0.4) is 0 Å². The number of hydrogen-bond acceptors (Lipinski definition) is 2. The zero-order valence-electron chi connectivity index (χ0n) is 11.1. The summed E-state index contributed by atoms with van der Waals surface area (Å²) in [5.74, 6) is 1.75. The van der Waals surface area contributed by atoms with Crippen molar-refractivity contribution in [3.8, 4) is 5.75 Å². The molecule has 1 aromatic rings. The van der Waals surface area contributed by atoms with E-state index in [4.69, 9.17) is 4.74 Å². The van der Waals surface area contributed by atoms with E-state index in [1.807, 2.05) is 0 Å². The molecule has 1 aliphatic rings. The van der Waals surface area contributed by atoms with Crippen LogP contribution < -0.4 is 10.1 Å². The fraction of sp³-hybridized carbons (Fsp3) is 0.600. The lowest BCUT2D eigenvalue weighted by Gasteiger charge is -2.24. The molecule has 0 aromatic heterocycles. The van der Waals surface area contributed by atoms with Crippen LogP contribution >= 0.6 is 0 Å². The molecule has 0 bridgehead atoms. The van der Waals surface area contributed by atoms with E-state index in [0.717, 1.165) is 18.8 Å². The second-order valence-electron chi connectivity index (χ2n) is 5.00. The number of rotatable bonds is 5. The average Bonchev–Trinajstić information content (AvgIpc) is 2.77. The van der Waals surface area contributed by atoms with Crippen molar-refractivity contribution in [2.75, 3.05) is 13.7 Å². The van der Waals surface area contributed by atoms with Gasteiger partial charge < -0.3 is 10.1 Å². The molecule has 0 radical (unpaired) electrons. The Hall–Kier alpha value is -1.02. The van der Waals surface area contributed by atoms with E-state index in [-0.39, 0.29) is 0 Å². The monoisotopic (exact) mass is 233 g/mol. The molecule has 0 amide bonds. The van der Waals surface area contributed by atoms with Crippen LogP contribution in [0.25, 0.3) is 0 Å². The Bertz CT molecular complexity index is 375. The molecular formula is C15H23NO. The third-order valence-electron chi connectivity index (χ3n) is 3.70. The van der Waals surface area contributed by atoms with Crippen LogP contribution in [0.4, 0.5) is 0 Å². The van der Waals surface area contributed by atoms with Gasteiger partial charge in [0.2, 0.25) is 0 Å². The van der Waals surface area contributed by atoms with Crippen LogP contribution in [0.5, 0.6) is 5.75 Å². The summed E-state index contributed by atoms with van der Waals surface area (Å²) in [6.45, 7) is 5.42. The number of ether oxygens (including phenoxy) is 1. The number of nitrogens with one attached hydrogen (secondary N) is 1. The molecule has 2 nitrogen and oxygen atoms in total. The van der Waals surface area contributed by atoms with Crippen LogP contribution in [0.2, 0.25) is 0 Å². The van der Waals surface area contributed by atoms with Gasteiger partial charge >= 0.3 is 0 Å². The van der Waals surface area contributed by atoms with Gasteiger partial charge in [-0.2, -0.15) is 0 Å². The first-order chi connectivity index (χ1) is 8.26. The number of benzene rings is 1. The van der Waals surface area contributed by atoms with Gasteiger partial charge in [0.25, 0.3) is 0 Å². The zero-order chi connectivity index (χ0) is 12.3. The zero-order valence-corrected chi connectivity index (χ0v) is 11.1. The lowest BCUT2D eigenvalue weighted by molar-refractivity contribution is 0.356. The summed E-state index contributed by atoms with van der Waals surface area (Å²) in [6, 6.07) is 7.11. The van der Waals surface area contributed by atoms with E-state index < -0.39 is 0 Å². The first-order valence-electron chi connectivity index (χ1n) is 6.69. The van der Waals surface area contributed by atoms with Gasteiger partial charge in [0.1, 0.15) is 5.75 Å². The average molecular weight is 233 g/mol. The van der Waals surface area contributed by atoms with E-state index in [1.54, 1.807) is 0 Å². The highest BCUT2D eigenvalue weighted by molar-refractivity contribution is 5.40. The van der Waals surface area contributed by atoms with Crippen molar-refractivity contribution < 1.29 is 4.74 Å². The summed E-state index contributed by atoms with van der Waals surface area (Å²) >= 11 is 0. The Balaban J connectivity index is 2.19. The fourth-order valence-electron chi connectivity index (χ4n) is 2.80. The molecule has 0 saturated carbocycles.